The summed E-state index contributed by atoms with van der Waals surface area (Å²) in [4.78, 5) is 4.15. The van der Waals surface area contributed by atoms with Gasteiger partial charge in [-0.3, -0.25) is 0 Å². The molecule has 0 fully saturated rings. The molecule has 4 heteroatoms. The predicted octanol–water partition coefficient (Wildman–Crippen LogP) is 0.768. The summed E-state index contributed by atoms with van der Waals surface area (Å²) in [5, 5.41) is 4.16. The maximum Gasteiger partial charge on any atom is 0.138 e. The van der Waals surface area contributed by atoms with Crippen LogP contribution in [0, 0.1) is 0 Å². The van der Waals surface area contributed by atoms with Crippen molar-refractivity contribution in [3.05, 3.63) is 42.5 Å². The summed E-state index contributed by atoms with van der Waals surface area (Å²) in [7, 11) is 0. The molecule has 0 aliphatic heterocycles. The topological polar surface area (TPSA) is 56.7 Å². The Hall–Kier alpha value is -1.68. The number of nitrogens with zero attached hydrogens (tertiary/aromatic N) is 3. The fourth-order valence-electron chi connectivity index (χ4n) is 1.35. The molecule has 0 atom stereocenters. The molecule has 0 bridgehead atoms. The van der Waals surface area contributed by atoms with Crippen molar-refractivity contribution in [2.24, 2.45) is 5.73 Å². The molecule has 4 nitrogen and oxygen atoms in total. The predicted molar refractivity (Wildman–Crippen MR) is 54.1 cm³/mol. The van der Waals surface area contributed by atoms with E-state index in [0.29, 0.717) is 6.54 Å². The smallest absolute Gasteiger partial charge is 0.138 e. The standard InChI is InChI=1S/C10H12N4/c11-7-6-10-12-8-13-14(10)9-4-2-1-3-5-9/h1-5,8H,6-7,11H2. The van der Waals surface area contributed by atoms with E-state index in [1.54, 1.807) is 6.33 Å². The van der Waals surface area contributed by atoms with E-state index < -0.39 is 0 Å². The van der Waals surface area contributed by atoms with E-state index >= 15 is 0 Å². The Morgan fingerprint density at radius 3 is 2.71 bits per heavy atom. The third kappa shape index (κ3) is 1.65. The van der Waals surface area contributed by atoms with Crippen molar-refractivity contribution in [2.45, 2.75) is 6.42 Å². The lowest BCUT2D eigenvalue weighted by molar-refractivity contribution is 0.776. The van der Waals surface area contributed by atoms with Gasteiger partial charge in [0.2, 0.25) is 0 Å². The Morgan fingerprint density at radius 2 is 2.00 bits per heavy atom. The zero-order valence-corrected chi connectivity index (χ0v) is 7.80. The minimum absolute atomic E-state index is 0.589. The molecule has 0 radical (unpaired) electrons. The van der Waals surface area contributed by atoms with Crippen LogP contribution in [0.5, 0.6) is 0 Å². The highest BCUT2D eigenvalue weighted by atomic mass is 15.3. The summed E-state index contributed by atoms with van der Waals surface area (Å²) in [5.41, 5.74) is 6.51. The molecule has 1 aromatic heterocycles. The van der Waals surface area contributed by atoms with Gasteiger partial charge in [-0.05, 0) is 18.7 Å². The second-order valence-electron chi connectivity index (χ2n) is 2.96. The summed E-state index contributed by atoms with van der Waals surface area (Å²) in [6.07, 6.45) is 2.30. The van der Waals surface area contributed by atoms with Gasteiger partial charge >= 0.3 is 0 Å². The fourth-order valence-corrected chi connectivity index (χ4v) is 1.35. The Bertz CT molecular complexity index is 394. The van der Waals surface area contributed by atoms with E-state index in [1.807, 2.05) is 35.0 Å². The summed E-state index contributed by atoms with van der Waals surface area (Å²) >= 11 is 0. The van der Waals surface area contributed by atoms with E-state index in [-0.39, 0.29) is 0 Å². The van der Waals surface area contributed by atoms with E-state index in [2.05, 4.69) is 10.1 Å². The number of para-hydroxylation sites is 1. The molecule has 0 saturated heterocycles. The Balaban J connectivity index is 2.37. The third-order valence-corrected chi connectivity index (χ3v) is 1.99. The minimum Gasteiger partial charge on any atom is -0.330 e. The van der Waals surface area contributed by atoms with Crippen LogP contribution in [0.25, 0.3) is 5.69 Å². The third-order valence-electron chi connectivity index (χ3n) is 1.99. The first-order valence-corrected chi connectivity index (χ1v) is 4.56. The second kappa shape index (κ2) is 4.02. The van der Waals surface area contributed by atoms with E-state index in [0.717, 1.165) is 17.9 Å². The van der Waals surface area contributed by atoms with Gasteiger partial charge in [0.1, 0.15) is 12.2 Å². The largest absolute Gasteiger partial charge is 0.330 e. The van der Waals surface area contributed by atoms with Gasteiger partial charge in [0, 0.05) is 6.42 Å². The quantitative estimate of drug-likeness (QED) is 0.774. The number of hydrogen-bond donors (Lipinski definition) is 1. The highest BCUT2D eigenvalue weighted by Gasteiger charge is 2.03. The van der Waals surface area contributed by atoms with Gasteiger partial charge in [0.25, 0.3) is 0 Å². The lowest BCUT2D eigenvalue weighted by Crippen LogP contribution is -2.09. The average Bonchev–Trinajstić information content (AvgIpc) is 2.68. The van der Waals surface area contributed by atoms with Crippen LogP contribution in [0.3, 0.4) is 0 Å². The van der Waals surface area contributed by atoms with Crippen molar-refractivity contribution in [2.75, 3.05) is 6.54 Å². The maximum absolute atomic E-state index is 5.49. The van der Waals surface area contributed by atoms with Gasteiger partial charge in [0.05, 0.1) is 5.69 Å². The molecular formula is C10H12N4. The first-order chi connectivity index (χ1) is 6.92. The van der Waals surface area contributed by atoms with Crippen LogP contribution in [-0.4, -0.2) is 21.3 Å². The zero-order valence-electron chi connectivity index (χ0n) is 7.80. The zero-order chi connectivity index (χ0) is 9.80. The Labute approximate surface area is 82.4 Å². The fraction of sp³-hybridized carbons (Fsp3) is 0.200. The lowest BCUT2D eigenvalue weighted by atomic mass is 10.3. The molecule has 0 unspecified atom stereocenters. The van der Waals surface area contributed by atoms with Crippen molar-refractivity contribution in [1.29, 1.82) is 0 Å². The Morgan fingerprint density at radius 1 is 1.21 bits per heavy atom. The molecule has 1 heterocycles. The normalized spacial score (nSPS) is 10.4. The molecule has 0 aliphatic rings. The summed E-state index contributed by atoms with van der Waals surface area (Å²) in [6, 6.07) is 9.92. The van der Waals surface area contributed by atoms with E-state index in [4.69, 9.17) is 5.73 Å². The van der Waals surface area contributed by atoms with E-state index in [9.17, 15) is 0 Å². The summed E-state index contributed by atoms with van der Waals surface area (Å²) in [6.45, 7) is 0.589. The summed E-state index contributed by atoms with van der Waals surface area (Å²) in [5.74, 6) is 0.902. The molecule has 14 heavy (non-hydrogen) atoms. The monoisotopic (exact) mass is 188 g/mol. The van der Waals surface area contributed by atoms with E-state index in [1.165, 1.54) is 0 Å². The first-order valence-electron chi connectivity index (χ1n) is 4.56. The lowest BCUT2D eigenvalue weighted by Gasteiger charge is -2.03. The highest BCUT2D eigenvalue weighted by Crippen LogP contribution is 2.07. The maximum atomic E-state index is 5.49. The SMILES string of the molecule is NCCc1ncnn1-c1ccccc1. The van der Waals surface area contributed by atoms with Gasteiger partial charge in [-0.25, -0.2) is 9.67 Å². The molecule has 2 rings (SSSR count). The van der Waals surface area contributed by atoms with Gasteiger partial charge in [0.15, 0.2) is 0 Å². The number of rotatable bonds is 3. The van der Waals surface area contributed by atoms with Crippen molar-refractivity contribution in [3.63, 3.8) is 0 Å². The molecule has 1 aromatic carbocycles. The van der Waals surface area contributed by atoms with Gasteiger partial charge in [-0.15, -0.1) is 0 Å². The molecule has 0 spiro atoms. The van der Waals surface area contributed by atoms with Crippen molar-refractivity contribution in [1.82, 2.24) is 14.8 Å². The van der Waals surface area contributed by atoms with Crippen LogP contribution in [-0.2, 0) is 6.42 Å². The van der Waals surface area contributed by atoms with Crippen LogP contribution in [0.4, 0.5) is 0 Å². The molecule has 0 aliphatic carbocycles. The van der Waals surface area contributed by atoms with Crippen molar-refractivity contribution in [3.8, 4) is 5.69 Å². The number of aromatic nitrogens is 3. The van der Waals surface area contributed by atoms with Gasteiger partial charge < -0.3 is 5.73 Å². The average molecular weight is 188 g/mol. The summed E-state index contributed by atoms with van der Waals surface area (Å²) < 4.78 is 1.81. The molecule has 72 valence electrons. The molecule has 0 amide bonds. The van der Waals surface area contributed by atoms with Gasteiger partial charge in [-0.2, -0.15) is 5.10 Å². The van der Waals surface area contributed by atoms with Crippen LogP contribution in [0.2, 0.25) is 0 Å². The minimum atomic E-state index is 0.589. The molecular weight excluding hydrogens is 176 g/mol. The number of hydrogen-bond acceptors (Lipinski definition) is 3. The molecule has 0 saturated carbocycles. The molecule has 2 N–H and O–H groups in total. The van der Waals surface area contributed by atoms with Gasteiger partial charge in [-0.1, -0.05) is 18.2 Å². The van der Waals surface area contributed by atoms with Crippen LogP contribution in [0.1, 0.15) is 5.82 Å². The van der Waals surface area contributed by atoms with Crippen LogP contribution < -0.4 is 5.73 Å². The second-order valence-corrected chi connectivity index (χ2v) is 2.96. The van der Waals surface area contributed by atoms with Crippen LogP contribution in [0.15, 0.2) is 36.7 Å². The number of benzene rings is 1. The van der Waals surface area contributed by atoms with Crippen LogP contribution >= 0.6 is 0 Å². The Kier molecular flexibility index (Phi) is 2.55. The van der Waals surface area contributed by atoms with Crippen molar-refractivity contribution < 1.29 is 0 Å². The first kappa shape index (κ1) is 8.90. The van der Waals surface area contributed by atoms with Crippen molar-refractivity contribution >= 4 is 0 Å². The molecule has 2 aromatic rings. The highest BCUT2D eigenvalue weighted by molar-refractivity contribution is 5.30. The number of nitrogens with two attached hydrogens (primary N) is 1.